The Morgan fingerprint density at radius 2 is 1.85 bits per heavy atom. The molecule has 0 saturated carbocycles. The second-order valence-corrected chi connectivity index (χ2v) is 6.14. The van der Waals surface area contributed by atoms with E-state index >= 15 is 0 Å². The number of carbonyl (C=O) groups is 2. The van der Waals surface area contributed by atoms with E-state index in [1.54, 1.807) is 38.1 Å². The van der Waals surface area contributed by atoms with Gasteiger partial charge in [0.1, 0.15) is 11.3 Å². The standard InChI is InChI=1S/C20H19NO6/c1-3-15(19(23)24)21-17(22)10-26-16-9-8-13-12-6-4-5-7-14(12)20(25)27-18(13)11(16)2/h4-9,15H,3,10H2,1-2H3,(H,21,22)(H,23,24)/p-1/t15-/m1/s1. The highest BCUT2D eigenvalue weighted by atomic mass is 16.5. The van der Waals surface area contributed by atoms with Crippen LogP contribution >= 0.6 is 0 Å². The fraction of sp³-hybridized carbons (Fsp3) is 0.250. The molecule has 1 N–H and O–H groups in total. The first kappa shape index (κ1) is 18.4. The molecular formula is C20H18NO6-. The average Bonchev–Trinajstić information content (AvgIpc) is 2.66. The fourth-order valence-electron chi connectivity index (χ4n) is 2.92. The number of carbonyl (C=O) groups excluding carboxylic acids is 2. The molecule has 0 unspecified atom stereocenters. The minimum Gasteiger partial charge on any atom is -0.548 e. The lowest BCUT2D eigenvalue weighted by Crippen LogP contribution is -2.48. The van der Waals surface area contributed by atoms with Crippen LogP contribution in [0.3, 0.4) is 0 Å². The van der Waals surface area contributed by atoms with Crippen LogP contribution in [0, 0.1) is 6.92 Å². The normalized spacial score (nSPS) is 12.1. The molecule has 0 spiro atoms. The maximum absolute atomic E-state index is 12.2. The van der Waals surface area contributed by atoms with Crippen molar-refractivity contribution in [2.45, 2.75) is 26.3 Å². The summed E-state index contributed by atoms with van der Waals surface area (Å²) in [5.41, 5.74) is 0.517. The number of nitrogens with one attached hydrogen (secondary N) is 1. The van der Waals surface area contributed by atoms with E-state index in [9.17, 15) is 19.5 Å². The molecule has 1 heterocycles. The Balaban J connectivity index is 1.87. The molecule has 0 saturated heterocycles. The summed E-state index contributed by atoms with van der Waals surface area (Å²) in [6, 6.07) is 9.53. The van der Waals surface area contributed by atoms with E-state index in [1.807, 2.05) is 12.1 Å². The Bertz CT molecular complexity index is 1080. The number of ether oxygens (including phenoxy) is 1. The van der Waals surface area contributed by atoms with Gasteiger partial charge >= 0.3 is 5.63 Å². The molecule has 0 aliphatic heterocycles. The minimum absolute atomic E-state index is 0.210. The molecular weight excluding hydrogens is 350 g/mol. The Labute approximate surface area is 154 Å². The fourth-order valence-corrected chi connectivity index (χ4v) is 2.92. The third-order valence-electron chi connectivity index (χ3n) is 4.37. The number of rotatable bonds is 6. The topological polar surface area (TPSA) is 109 Å². The summed E-state index contributed by atoms with van der Waals surface area (Å²) < 4.78 is 10.9. The van der Waals surface area contributed by atoms with E-state index in [-0.39, 0.29) is 13.0 Å². The summed E-state index contributed by atoms with van der Waals surface area (Å²) in [6.45, 7) is 2.98. The van der Waals surface area contributed by atoms with Crippen LogP contribution in [0.5, 0.6) is 5.75 Å². The van der Waals surface area contributed by atoms with Crippen molar-refractivity contribution in [2.75, 3.05) is 6.61 Å². The molecule has 3 rings (SSSR count). The smallest absolute Gasteiger partial charge is 0.344 e. The number of aliphatic carboxylic acids is 1. The number of hydrogen-bond acceptors (Lipinski definition) is 6. The van der Waals surface area contributed by atoms with Gasteiger partial charge in [-0.15, -0.1) is 0 Å². The van der Waals surface area contributed by atoms with Crippen LogP contribution in [-0.4, -0.2) is 24.5 Å². The van der Waals surface area contributed by atoms with Crippen molar-refractivity contribution in [1.82, 2.24) is 5.32 Å². The van der Waals surface area contributed by atoms with Crippen LogP contribution in [0.2, 0.25) is 0 Å². The molecule has 1 aromatic heterocycles. The van der Waals surface area contributed by atoms with Crippen LogP contribution < -0.4 is 20.8 Å². The molecule has 2 aromatic carbocycles. The summed E-state index contributed by atoms with van der Waals surface area (Å²) in [4.78, 5) is 35.0. The number of amides is 1. The van der Waals surface area contributed by atoms with Crippen LogP contribution in [0.1, 0.15) is 18.9 Å². The summed E-state index contributed by atoms with van der Waals surface area (Å²) in [6.07, 6.45) is 0.210. The molecule has 0 bridgehead atoms. The lowest BCUT2D eigenvalue weighted by atomic mass is 10.0. The van der Waals surface area contributed by atoms with Crippen molar-refractivity contribution >= 4 is 33.6 Å². The van der Waals surface area contributed by atoms with Gasteiger partial charge in [-0.1, -0.05) is 25.1 Å². The summed E-state index contributed by atoms with van der Waals surface area (Å²) in [5, 5.41) is 15.2. The van der Waals surface area contributed by atoms with E-state index < -0.39 is 23.5 Å². The highest BCUT2D eigenvalue weighted by Gasteiger charge is 2.15. The molecule has 7 heteroatoms. The van der Waals surface area contributed by atoms with Gasteiger partial charge < -0.3 is 24.4 Å². The second kappa shape index (κ2) is 7.49. The SMILES string of the molecule is CC[C@@H](NC(=O)COc1ccc2c(oc(=O)c3ccccc32)c1C)C(=O)[O-]. The van der Waals surface area contributed by atoms with E-state index in [4.69, 9.17) is 9.15 Å². The van der Waals surface area contributed by atoms with Gasteiger partial charge in [-0.05, 0) is 36.9 Å². The van der Waals surface area contributed by atoms with E-state index in [2.05, 4.69) is 5.32 Å². The summed E-state index contributed by atoms with van der Waals surface area (Å²) >= 11 is 0. The Morgan fingerprint density at radius 3 is 2.52 bits per heavy atom. The number of fused-ring (bicyclic) bond motifs is 3. The molecule has 0 aliphatic rings. The van der Waals surface area contributed by atoms with E-state index in [0.29, 0.717) is 22.3 Å². The molecule has 1 atom stereocenters. The molecule has 3 aromatic rings. The third-order valence-corrected chi connectivity index (χ3v) is 4.37. The van der Waals surface area contributed by atoms with Gasteiger partial charge in [-0.2, -0.15) is 0 Å². The number of carboxylic acids is 1. The highest BCUT2D eigenvalue weighted by Crippen LogP contribution is 2.30. The van der Waals surface area contributed by atoms with E-state index in [1.165, 1.54) is 0 Å². The Hall–Kier alpha value is -3.35. The zero-order valence-corrected chi connectivity index (χ0v) is 14.9. The summed E-state index contributed by atoms with van der Waals surface area (Å²) in [5.74, 6) is -1.55. The first-order chi connectivity index (χ1) is 12.9. The molecule has 0 fully saturated rings. The number of hydrogen-bond donors (Lipinski definition) is 1. The molecule has 1 amide bonds. The van der Waals surface area contributed by atoms with E-state index in [0.717, 1.165) is 10.8 Å². The molecule has 140 valence electrons. The maximum Gasteiger partial charge on any atom is 0.344 e. The van der Waals surface area contributed by atoms with Crippen molar-refractivity contribution in [3.63, 3.8) is 0 Å². The summed E-state index contributed by atoms with van der Waals surface area (Å²) in [7, 11) is 0. The maximum atomic E-state index is 12.2. The number of aryl methyl sites for hydroxylation is 1. The number of carboxylic acid groups (broad SMARTS) is 1. The first-order valence-corrected chi connectivity index (χ1v) is 8.50. The van der Waals surface area contributed by atoms with Crippen molar-refractivity contribution in [3.8, 4) is 5.75 Å². The highest BCUT2D eigenvalue weighted by molar-refractivity contribution is 6.05. The second-order valence-electron chi connectivity index (χ2n) is 6.14. The van der Waals surface area contributed by atoms with Gasteiger partial charge in [0, 0.05) is 10.9 Å². The molecule has 7 nitrogen and oxygen atoms in total. The van der Waals surface area contributed by atoms with Gasteiger partial charge in [0.05, 0.1) is 17.4 Å². The molecule has 0 aliphatic carbocycles. The zero-order chi connectivity index (χ0) is 19.6. The largest absolute Gasteiger partial charge is 0.548 e. The Kier molecular flexibility index (Phi) is 5.12. The van der Waals surface area contributed by atoms with Gasteiger partial charge in [0.25, 0.3) is 5.91 Å². The monoisotopic (exact) mass is 368 g/mol. The first-order valence-electron chi connectivity index (χ1n) is 8.50. The minimum atomic E-state index is -1.35. The van der Waals surface area contributed by atoms with Crippen molar-refractivity contribution in [1.29, 1.82) is 0 Å². The van der Waals surface area contributed by atoms with Crippen LogP contribution in [0.15, 0.2) is 45.6 Å². The van der Waals surface area contributed by atoms with Crippen molar-refractivity contribution < 1.29 is 23.8 Å². The van der Waals surface area contributed by atoms with Crippen LogP contribution in [-0.2, 0) is 9.59 Å². The zero-order valence-electron chi connectivity index (χ0n) is 14.9. The predicted molar refractivity (Wildman–Crippen MR) is 97.5 cm³/mol. The van der Waals surface area contributed by atoms with Gasteiger partial charge in [-0.3, -0.25) is 4.79 Å². The third kappa shape index (κ3) is 3.62. The van der Waals surface area contributed by atoms with Crippen LogP contribution in [0.4, 0.5) is 0 Å². The quantitative estimate of drug-likeness (QED) is 0.519. The van der Waals surface area contributed by atoms with Crippen LogP contribution in [0.25, 0.3) is 21.7 Å². The molecule has 27 heavy (non-hydrogen) atoms. The van der Waals surface area contributed by atoms with Crippen molar-refractivity contribution in [2.24, 2.45) is 0 Å². The number of benzene rings is 2. The lowest BCUT2D eigenvalue weighted by Gasteiger charge is -2.18. The Morgan fingerprint density at radius 1 is 1.15 bits per heavy atom. The van der Waals surface area contributed by atoms with Crippen molar-refractivity contribution in [3.05, 3.63) is 52.4 Å². The molecule has 0 radical (unpaired) electrons. The predicted octanol–water partition coefficient (Wildman–Crippen LogP) is 1.28. The average molecular weight is 368 g/mol. The lowest BCUT2D eigenvalue weighted by molar-refractivity contribution is -0.308. The van der Waals surface area contributed by atoms with Gasteiger partial charge in [0.2, 0.25) is 0 Å². The van der Waals surface area contributed by atoms with Gasteiger partial charge in [0.15, 0.2) is 6.61 Å². The van der Waals surface area contributed by atoms with Gasteiger partial charge in [-0.25, -0.2) is 4.79 Å².